The van der Waals surface area contributed by atoms with Crippen LogP contribution in [-0.2, 0) is 4.79 Å². The van der Waals surface area contributed by atoms with Crippen molar-refractivity contribution in [3.63, 3.8) is 0 Å². The summed E-state index contributed by atoms with van der Waals surface area (Å²) in [5, 5.41) is 8.73. The number of nitrogens with one attached hydrogen (secondary N) is 3. The Morgan fingerprint density at radius 2 is 2.00 bits per heavy atom. The second-order valence-corrected chi connectivity index (χ2v) is 5.80. The van der Waals surface area contributed by atoms with Gasteiger partial charge in [-0.15, -0.1) is 24.0 Å². The highest BCUT2D eigenvalue weighted by Crippen LogP contribution is 2.08. The molecule has 1 aromatic rings. The topological polar surface area (TPSA) is 65.5 Å². The Labute approximate surface area is 160 Å². The molecule has 5 nitrogen and oxygen atoms in total. The molecule has 1 amide bonds. The maximum Gasteiger partial charge on any atom is 0.243 e. The summed E-state index contributed by atoms with van der Waals surface area (Å²) in [6.45, 7) is 5.32. The molecule has 3 N–H and O–H groups in total. The summed E-state index contributed by atoms with van der Waals surface area (Å²) < 4.78 is 13.0. The van der Waals surface area contributed by atoms with Crippen LogP contribution < -0.4 is 16.0 Å². The number of aliphatic imine (C=N–C) groups is 1. The molecule has 0 aliphatic rings. The van der Waals surface area contributed by atoms with Crippen LogP contribution in [0.25, 0.3) is 0 Å². The molecule has 0 radical (unpaired) electrons. The Kier molecular flexibility index (Phi) is 12.2. The molecule has 136 valence electrons. The molecule has 0 atom stereocenters. The van der Waals surface area contributed by atoms with Gasteiger partial charge >= 0.3 is 0 Å². The van der Waals surface area contributed by atoms with E-state index in [0.717, 1.165) is 18.9 Å². The molecule has 0 aromatic heterocycles. The highest BCUT2D eigenvalue weighted by atomic mass is 127. The number of carbonyl (C=O) groups excluding carboxylic acids is 1. The fourth-order valence-electron chi connectivity index (χ4n) is 2.04. The highest BCUT2D eigenvalue weighted by molar-refractivity contribution is 14.0. The van der Waals surface area contributed by atoms with Crippen LogP contribution >= 0.6 is 24.0 Å². The molecule has 0 unspecified atom stereocenters. The minimum Gasteiger partial charge on any atom is -0.356 e. The third-order valence-electron chi connectivity index (χ3n) is 3.25. The Hall–Kier alpha value is -1.38. The van der Waals surface area contributed by atoms with Crippen LogP contribution in [0.1, 0.15) is 33.1 Å². The summed E-state index contributed by atoms with van der Waals surface area (Å²) in [6, 6.07) is 5.80. The summed E-state index contributed by atoms with van der Waals surface area (Å²) in [5.41, 5.74) is 0.438. The minimum absolute atomic E-state index is 0. The van der Waals surface area contributed by atoms with Gasteiger partial charge in [-0.25, -0.2) is 4.39 Å². The SMILES string of the molecule is CN=C(NCCCCC(C)C)NCC(=O)Nc1cccc(F)c1.I. The van der Waals surface area contributed by atoms with Crippen molar-refractivity contribution in [2.24, 2.45) is 10.9 Å². The van der Waals surface area contributed by atoms with Gasteiger partial charge in [0.15, 0.2) is 5.96 Å². The average molecular weight is 450 g/mol. The van der Waals surface area contributed by atoms with Gasteiger partial charge < -0.3 is 16.0 Å². The highest BCUT2D eigenvalue weighted by Gasteiger charge is 2.05. The molecule has 0 saturated heterocycles. The molecule has 0 aliphatic heterocycles. The smallest absolute Gasteiger partial charge is 0.243 e. The molecule has 7 heteroatoms. The number of hydrogen-bond acceptors (Lipinski definition) is 2. The molecule has 0 fully saturated rings. The number of nitrogens with zero attached hydrogens (tertiary/aromatic N) is 1. The second kappa shape index (κ2) is 13.0. The van der Waals surface area contributed by atoms with E-state index in [-0.39, 0.29) is 42.2 Å². The molecule has 24 heavy (non-hydrogen) atoms. The summed E-state index contributed by atoms with van der Waals surface area (Å²) in [6.07, 6.45) is 3.44. The van der Waals surface area contributed by atoms with Gasteiger partial charge in [0.25, 0.3) is 0 Å². The third kappa shape index (κ3) is 10.4. The quantitative estimate of drug-likeness (QED) is 0.246. The number of benzene rings is 1. The summed E-state index contributed by atoms with van der Waals surface area (Å²) in [4.78, 5) is 15.9. The lowest BCUT2D eigenvalue weighted by Gasteiger charge is -2.12. The Morgan fingerprint density at radius 3 is 2.62 bits per heavy atom. The van der Waals surface area contributed by atoms with E-state index in [1.54, 1.807) is 19.2 Å². The van der Waals surface area contributed by atoms with E-state index >= 15 is 0 Å². The first-order valence-corrected chi connectivity index (χ1v) is 8.01. The van der Waals surface area contributed by atoms with Crippen LogP contribution in [-0.4, -0.2) is 32.0 Å². The maximum atomic E-state index is 13.0. The van der Waals surface area contributed by atoms with Gasteiger partial charge in [-0.3, -0.25) is 9.79 Å². The number of hydrogen-bond donors (Lipinski definition) is 3. The summed E-state index contributed by atoms with van der Waals surface area (Å²) >= 11 is 0. The van der Waals surface area contributed by atoms with E-state index in [4.69, 9.17) is 0 Å². The van der Waals surface area contributed by atoms with Crippen molar-refractivity contribution in [3.05, 3.63) is 30.1 Å². The predicted molar refractivity (Wildman–Crippen MR) is 108 cm³/mol. The molecule has 0 spiro atoms. The van der Waals surface area contributed by atoms with Gasteiger partial charge in [0.2, 0.25) is 5.91 Å². The average Bonchev–Trinajstić information content (AvgIpc) is 2.49. The first-order valence-electron chi connectivity index (χ1n) is 8.01. The van der Waals surface area contributed by atoms with Crippen LogP contribution in [0.3, 0.4) is 0 Å². The van der Waals surface area contributed by atoms with E-state index < -0.39 is 0 Å². The number of rotatable bonds is 8. The lowest BCUT2D eigenvalue weighted by Crippen LogP contribution is -2.41. The van der Waals surface area contributed by atoms with E-state index in [0.29, 0.717) is 11.6 Å². The molecular formula is C17H28FIN4O. The van der Waals surface area contributed by atoms with Gasteiger partial charge in [-0.05, 0) is 30.5 Å². The van der Waals surface area contributed by atoms with E-state index in [1.807, 2.05) is 0 Å². The number of anilines is 1. The number of halogens is 2. The zero-order chi connectivity index (χ0) is 17.1. The minimum atomic E-state index is -0.380. The fourth-order valence-corrected chi connectivity index (χ4v) is 2.04. The van der Waals surface area contributed by atoms with Gasteiger partial charge in [-0.1, -0.05) is 32.8 Å². The van der Waals surface area contributed by atoms with Crippen molar-refractivity contribution >= 4 is 41.5 Å². The van der Waals surface area contributed by atoms with Gasteiger partial charge in [-0.2, -0.15) is 0 Å². The summed E-state index contributed by atoms with van der Waals surface area (Å²) in [7, 11) is 1.66. The normalized spacial score (nSPS) is 11.0. The molecule has 0 aliphatic carbocycles. The van der Waals surface area contributed by atoms with Crippen molar-refractivity contribution in [1.29, 1.82) is 0 Å². The zero-order valence-electron chi connectivity index (χ0n) is 14.6. The lowest BCUT2D eigenvalue weighted by atomic mass is 10.1. The standard InChI is InChI=1S/C17H27FN4O.HI/c1-13(2)7-4-5-10-20-17(19-3)21-12-16(23)22-15-9-6-8-14(18)11-15;/h6,8-9,11,13H,4-5,7,10,12H2,1-3H3,(H,22,23)(H2,19,20,21);1H. The van der Waals surface area contributed by atoms with Crippen LogP contribution in [0, 0.1) is 11.7 Å². The number of guanidine groups is 1. The monoisotopic (exact) mass is 450 g/mol. The first-order chi connectivity index (χ1) is 11.0. The van der Waals surface area contributed by atoms with Crippen LogP contribution in [0.5, 0.6) is 0 Å². The van der Waals surface area contributed by atoms with Gasteiger partial charge in [0.1, 0.15) is 5.82 Å². The Morgan fingerprint density at radius 1 is 1.25 bits per heavy atom. The van der Waals surface area contributed by atoms with Gasteiger partial charge in [0, 0.05) is 19.3 Å². The van der Waals surface area contributed by atoms with E-state index in [2.05, 4.69) is 34.8 Å². The first kappa shape index (κ1) is 22.6. The van der Waals surface area contributed by atoms with Crippen molar-refractivity contribution < 1.29 is 9.18 Å². The fraction of sp³-hybridized carbons (Fsp3) is 0.529. The van der Waals surface area contributed by atoms with Crippen molar-refractivity contribution in [2.45, 2.75) is 33.1 Å². The number of unbranched alkanes of at least 4 members (excludes halogenated alkanes) is 1. The zero-order valence-corrected chi connectivity index (χ0v) is 16.9. The van der Waals surface area contributed by atoms with E-state index in [9.17, 15) is 9.18 Å². The van der Waals surface area contributed by atoms with Crippen molar-refractivity contribution in [3.8, 4) is 0 Å². The Bertz CT molecular complexity index is 523. The third-order valence-corrected chi connectivity index (χ3v) is 3.25. The molecule has 0 bridgehead atoms. The van der Waals surface area contributed by atoms with Crippen LogP contribution in [0.15, 0.2) is 29.3 Å². The van der Waals surface area contributed by atoms with Gasteiger partial charge in [0.05, 0.1) is 6.54 Å². The lowest BCUT2D eigenvalue weighted by molar-refractivity contribution is -0.115. The second-order valence-electron chi connectivity index (χ2n) is 5.80. The number of carbonyl (C=O) groups is 1. The largest absolute Gasteiger partial charge is 0.356 e. The molecular weight excluding hydrogens is 422 g/mol. The maximum absolute atomic E-state index is 13.0. The van der Waals surface area contributed by atoms with Crippen molar-refractivity contribution in [1.82, 2.24) is 10.6 Å². The number of amides is 1. The molecule has 1 aromatic carbocycles. The predicted octanol–water partition coefficient (Wildman–Crippen LogP) is 3.37. The van der Waals surface area contributed by atoms with E-state index in [1.165, 1.54) is 25.0 Å². The molecule has 0 saturated carbocycles. The summed E-state index contributed by atoms with van der Waals surface area (Å²) in [5.74, 6) is 0.677. The Balaban J connectivity index is 0.00000529. The van der Waals surface area contributed by atoms with Crippen LogP contribution in [0.4, 0.5) is 10.1 Å². The molecule has 0 heterocycles. The molecule has 1 rings (SSSR count). The van der Waals surface area contributed by atoms with Crippen molar-refractivity contribution in [2.75, 3.05) is 25.5 Å². The van der Waals surface area contributed by atoms with Crippen LogP contribution in [0.2, 0.25) is 0 Å².